The molecule has 0 radical (unpaired) electrons. The molecule has 3 aromatic carbocycles. The van der Waals surface area contributed by atoms with Gasteiger partial charge in [0.15, 0.2) is 0 Å². The number of imide groups is 1. The van der Waals surface area contributed by atoms with E-state index in [1.54, 1.807) is 59.3 Å². The molecule has 1 aromatic heterocycles. The number of hydrogen-bond donors (Lipinski definition) is 2. The van der Waals surface area contributed by atoms with Crippen LogP contribution in [-0.2, 0) is 10.2 Å². The standard InChI is InChI=1S/C30H28ClN5O4/c1-30(2,3)25-17-26(33-28(38)32-22-14-12-21(31)13-15-22)36(34-25)23-11-7-10-20(16-23)27(37)35-24(18-40-29(35)39)19-8-5-4-6-9-19/h4-17,24H,18H2,1-3H3,(H2,32,33,38)/t24-/m0/s1. The van der Waals surface area contributed by atoms with E-state index in [0.29, 0.717) is 22.2 Å². The van der Waals surface area contributed by atoms with Crippen molar-refractivity contribution in [2.75, 3.05) is 17.2 Å². The highest BCUT2D eigenvalue weighted by Gasteiger charge is 2.39. The largest absolute Gasteiger partial charge is 0.446 e. The summed E-state index contributed by atoms with van der Waals surface area (Å²) in [5.41, 5.74) is 2.61. The Kier molecular flexibility index (Phi) is 7.32. The van der Waals surface area contributed by atoms with Crippen LogP contribution in [0.5, 0.6) is 0 Å². The van der Waals surface area contributed by atoms with Gasteiger partial charge in [-0.25, -0.2) is 19.2 Å². The third-order valence-corrected chi connectivity index (χ3v) is 6.69. The first kappa shape index (κ1) is 27.0. The van der Waals surface area contributed by atoms with Crippen molar-refractivity contribution in [1.82, 2.24) is 14.7 Å². The van der Waals surface area contributed by atoms with Gasteiger partial charge in [-0.15, -0.1) is 0 Å². The number of carbonyl (C=O) groups excluding carboxylic acids is 3. The van der Waals surface area contributed by atoms with Crippen molar-refractivity contribution in [1.29, 1.82) is 0 Å². The fourth-order valence-electron chi connectivity index (χ4n) is 4.32. The summed E-state index contributed by atoms with van der Waals surface area (Å²) in [6.45, 7) is 6.12. The number of carbonyl (C=O) groups is 3. The fourth-order valence-corrected chi connectivity index (χ4v) is 4.45. The quantitative estimate of drug-likeness (QED) is 0.281. The third kappa shape index (κ3) is 5.69. The summed E-state index contributed by atoms with van der Waals surface area (Å²) in [4.78, 5) is 40.2. The normalized spacial score (nSPS) is 15.1. The molecule has 1 saturated heterocycles. The van der Waals surface area contributed by atoms with Crippen LogP contribution in [0.4, 0.5) is 21.1 Å². The maximum atomic E-state index is 13.6. The molecule has 5 rings (SSSR count). The lowest BCUT2D eigenvalue weighted by Gasteiger charge is -2.20. The van der Waals surface area contributed by atoms with Gasteiger partial charge < -0.3 is 10.1 Å². The molecule has 1 aliphatic heterocycles. The highest BCUT2D eigenvalue weighted by Crippen LogP contribution is 2.31. The Morgan fingerprint density at radius 1 is 0.950 bits per heavy atom. The summed E-state index contributed by atoms with van der Waals surface area (Å²) in [7, 11) is 0. The van der Waals surface area contributed by atoms with Crippen LogP contribution in [0.2, 0.25) is 5.02 Å². The lowest BCUT2D eigenvalue weighted by molar-refractivity contribution is 0.0774. The van der Waals surface area contributed by atoms with E-state index in [2.05, 4.69) is 10.6 Å². The van der Waals surface area contributed by atoms with Crippen molar-refractivity contribution < 1.29 is 19.1 Å². The first-order valence-electron chi connectivity index (χ1n) is 12.7. The predicted molar refractivity (Wildman–Crippen MR) is 153 cm³/mol. The number of nitrogens with one attached hydrogen (secondary N) is 2. The third-order valence-electron chi connectivity index (χ3n) is 6.44. The van der Waals surface area contributed by atoms with E-state index < -0.39 is 24.1 Å². The van der Waals surface area contributed by atoms with Gasteiger partial charge in [0.05, 0.1) is 11.4 Å². The Morgan fingerprint density at radius 3 is 2.38 bits per heavy atom. The molecule has 10 heteroatoms. The van der Waals surface area contributed by atoms with Crippen LogP contribution >= 0.6 is 11.6 Å². The number of aromatic nitrogens is 2. The molecular weight excluding hydrogens is 530 g/mol. The first-order chi connectivity index (χ1) is 19.1. The van der Waals surface area contributed by atoms with E-state index in [0.717, 1.165) is 16.2 Å². The number of ether oxygens (including phenoxy) is 1. The second kappa shape index (κ2) is 10.9. The monoisotopic (exact) mass is 557 g/mol. The molecule has 40 heavy (non-hydrogen) atoms. The van der Waals surface area contributed by atoms with Crippen LogP contribution in [-0.4, -0.2) is 39.3 Å². The lowest BCUT2D eigenvalue weighted by atomic mass is 9.92. The first-order valence-corrected chi connectivity index (χ1v) is 13.1. The van der Waals surface area contributed by atoms with Crippen molar-refractivity contribution in [2.24, 2.45) is 0 Å². The predicted octanol–water partition coefficient (Wildman–Crippen LogP) is 6.80. The number of anilines is 2. The number of urea groups is 1. The summed E-state index contributed by atoms with van der Waals surface area (Å²) in [5, 5.41) is 10.9. The maximum Gasteiger partial charge on any atom is 0.417 e. The number of hydrogen-bond acceptors (Lipinski definition) is 5. The molecule has 2 N–H and O–H groups in total. The Morgan fingerprint density at radius 2 is 1.68 bits per heavy atom. The molecule has 0 spiro atoms. The Hall–Kier alpha value is -4.63. The van der Waals surface area contributed by atoms with Gasteiger partial charge in [0, 0.05) is 27.8 Å². The minimum Gasteiger partial charge on any atom is -0.446 e. The fraction of sp³-hybridized carbons (Fsp3) is 0.200. The molecule has 2 heterocycles. The number of nitrogens with zero attached hydrogens (tertiary/aromatic N) is 3. The molecular formula is C30H28ClN5O4. The molecule has 0 bridgehead atoms. The topological polar surface area (TPSA) is 106 Å². The van der Waals surface area contributed by atoms with Crippen LogP contribution in [0.25, 0.3) is 5.69 Å². The number of rotatable bonds is 5. The zero-order chi connectivity index (χ0) is 28.4. The maximum absolute atomic E-state index is 13.6. The van der Waals surface area contributed by atoms with E-state index in [1.807, 2.05) is 51.1 Å². The molecule has 0 unspecified atom stereocenters. The average molecular weight is 558 g/mol. The van der Waals surface area contributed by atoms with Crippen LogP contribution in [0.1, 0.15) is 48.4 Å². The van der Waals surface area contributed by atoms with E-state index >= 15 is 0 Å². The van der Waals surface area contributed by atoms with Crippen LogP contribution in [0.15, 0.2) is 84.9 Å². The van der Waals surface area contributed by atoms with Gasteiger partial charge >= 0.3 is 12.1 Å². The molecule has 9 nitrogen and oxygen atoms in total. The minimum absolute atomic E-state index is 0.0825. The van der Waals surface area contributed by atoms with Gasteiger partial charge in [0.25, 0.3) is 5.91 Å². The molecule has 1 atom stereocenters. The minimum atomic E-state index is -0.695. The van der Waals surface area contributed by atoms with E-state index in [1.165, 1.54) is 0 Å². The molecule has 0 saturated carbocycles. The van der Waals surface area contributed by atoms with Crippen molar-refractivity contribution >= 4 is 41.1 Å². The number of halogens is 1. The van der Waals surface area contributed by atoms with Gasteiger partial charge in [-0.3, -0.25) is 10.1 Å². The lowest BCUT2D eigenvalue weighted by Crippen LogP contribution is -2.34. The molecule has 4 aromatic rings. The van der Waals surface area contributed by atoms with E-state index in [4.69, 9.17) is 21.4 Å². The summed E-state index contributed by atoms with van der Waals surface area (Å²) in [6.07, 6.45) is -0.695. The summed E-state index contributed by atoms with van der Waals surface area (Å²) in [5.74, 6) is -0.0832. The van der Waals surface area contributed by atoms with Gasteiger partial charge in [-0.05, 0) is 48.0 Å². The van der Waals surface area contributed by atoms with Crippen molar-refractivity contribution in [3.63, 3.8) is 0 Å². The van der Waals surface area contributed by atoms with Gasteiger partial charge in [-0.2, -0.15) is 5.10 Å². The molecule has 1 fully saturated rings. The second-order valence-corrected chi connectivity index (χ2v) is 10.8. The van der Waals surface area contributed by atoms with E-state index in [9.17, 15) is 14.4 Å². The zero-order valence-corrected chi connectivity index (χ0v) is 23.0. The number of benzene rings is 3. The summed E-state index contributed by atoms with van der Waals surface area (Å²) in [6, 6.07) is 23.6. The molecule has 1 aliphatic rings. The highest BCUT2D eigenvalue weighted by atomic mass is 35.5. The Labute approximate surface area is 236 Å². The second-order valence-electron chi connectivity index (χ2n) is 10.4. The Balaban J connectivity index is 1.45. The number of cyclic esters (lactones) is 1. The highest BCUT2D eigenvalue weighted by molar-refractivity contribution is 6.30. The smallest absolute Gasteiger partial charge is 0.417 e. The molecule has 4 amide bonds. The molecule has 204 valence electrons. The number of amides is 4. The average Bonchev–Trinajstić information content (AvgIpc) is 3.54. The van der Waals surface area contributed by atoms with Crippen LogP contribution < -0.4 is 10.6 Å². The molecule has 0 aliphatic carbocycles. The van der Waals surface area contributed by atoms with Crippen molar-refractivity contribution in [2.45, 2.75) is 32.2 Å². The van der Waals surface area contributed by atoms with Crippen molar-refractivity contribution in [3.8, 4) is 5.69 Å². The SMILES string of the molecule is CC(C)(C)c1cc(NC(=O)Nc2ccc(Cl)cc2)n(-c2cccc(C(=O)N3C(=O)OC[C@H]3c3ccccc3)c2)n1. The summed E-state index contributed by atoms with van der Waals surface area (Å²) >= 11 is 5.94. The van der Waals surface area contributed by atoms with Crippen molar-refractivity contribution in [3.05, 3.63) is 107 Å². The van der Waals surface area contributed by atoms with Gasteiger partial charge in [0.2, 0.25) is 0 Å². The van der Waals surface area contributed by atoms with Crippen LogP contribution in [0.3, 0.4) is 0 Å². The van der Waals surface area contributed by atoms with Gasteiger partial charge in [-0.1, -0.05) is 68.8 Å². The zero-order valence-electron chi connectivity index (χ0n) is 22.2. The summed E-state index contributed by atoms with van der Waals surface area (Å²) < 4.78 is 6.80. The Bertz CT molecular complexity index is 1560. The van der Waals surface area contributed by atoms with Crippen LogP contribution in [0, 0.1) is 0 Å². The van der Waals surface area contributed by atoms with Gasteiger partial charge in [0.1, 0.15) is 18.5 Å². The van der Waals surface area contributed by atoms with E-state index in [-0.39, 0.29) is 17.6 Å².